The summed E-state index contributed by atoms with van der Waals surface area (Å²) in [5, 5.41) is 8.30. The SMILES string of the molecule is Cc1cc2ncn(-c3ccc(Cl)nn3)c2cc1C. The van der Waals surface area contributed by atoms with Gasteiger partial charge in [-0.25, -0.2) is 4.98 Å². The monoisotopic (exact) mass is 258 g/mol. The molecule has 0 radical (unpaired) electrons. The Kier molecular flexibility index (Phi) is 2.52. The molecular formula is C13H11ClN4. The van der Waals surface area contributed by atoms with E-state index < -0.39 is 0 Å². The molecule has 2 heterocycles. The highest BCUT2D eigenvalue weighted by atomic mass is 35.5. The minimum Gasteiger partial charge on any atom is -0.281 e. The molecule has 2 aromatic heterocycles. The molecule has 3 rings (SSSR count). The number of hydrogen-bond acceptors (Lipinski definition) is 3. The second-order valence-corrected chi connectivity index (χ2v) is 4.64. The lowest BCUT2D eigenvalue weighted by Crippen LogP contribution is -1.97. The number of benzene rings is 1. The average molecular weight is 259 g/mol. The molecule has 90 valence electrons. The van der Waals surface area contributed by atoms with Gasteiger partial charge in [-0.2, -0.15) is 0 Å². The van der Waals surface area contributed by atoms with Crippen molar-refractivity contribution in [3.05, 3.63) is 46.9 Å². The largest absolute Gasteiger partial charge is 0.281 e. The van der Waals surface area contributed by atoms with Gasteiger partial charge in [0.25, 0.3) is 0 Å². The first-order valence-electron chi connectivity index (χ1n) is 5.59. The number of fused-ring (bicyclic) bond motifs is 1. The molecular weight excluding hydrogens is 248 g/mol. The fourth-order valence-electron chi connectivity index (χ4n) is 1.88. The Balaban J connectivity index is 2.23. The van der Waals surface area contributed by atoms with Gasteiger partial charge in [0, 0.05) is 0 Å². The highest BCUT2D eigenvalue weighted by Crippen LogP contribution is 2.20. The van der Waals surface area contributed by atoms with Gasteiger partial charge in [0.2, 0.25) is 0 Å². The number of hydrogen-bond donors (Lipinski definition) is 0. The zero-order chi connectivity index (χ0) is 12.7. The van der Waals surface area contributed by atoms with E-state index in [1.165, 1.54) is 11.1 Å². The van der Waals surface area contributed by atoms with Crippen LogP contribution in [0.4, 0.5) is 0 Å². The zero-order valence-electron chi connectivity index (χ0n) is 10.1. The standard InChI is InChI=1S/C13H11ClN4/c1-8-5-10-11(6-9(8)2)18(7-15-10)13-4-3-12(14)16-17-13/h3-7H,1-2H3. The third-order valence-corrected chi connectivity index (χ3v) is 3.23. The summed E-state index contributed by atoms with van der Waals surface area (Å²) in [6.07, 6.45) is 1.75. The molecule has 0 spiro atoms. The summed E-state index contributed by atoms with van der Waals surface area (Å²) in [5.41, 5.74) is 4.44. The van der Waals surface area contributed by atoms with Crippen LogP contribution in [0.2, 0.25) is 5.15 Å². The summed E-state index contributed by atoms with van der Waals surface area (Å²) < 4.78 is 1.91. The number of aromatic nitrogens is 4. The normalized spacial score (nSPS) is 11.1. The molecule has 0 bridgehead atoms. The van der Waals surface area contributed by atoms with Crippen molar-refractivity contribution in [1.29, 1.82) is 0 Å². The lowest BCUT2D eigenvalue weighted by Gasteiger charge is -2.04. The van der Waals surface area contributed by atoms with Crippen molar-refractivity contribution in [2.45, 2.75) is 13.8 Å². The second kappa shape index (κ2) is 4.07. The van der Waals surface area contributed by atoms with E-state index in [1.807, 2.05) is 10.6 Å². The minimum atomic E-state index is 0.384. The zero-order valence-corrected chi connectivity index (χ0v) is 10.8. The van der Waals surface area contributed by atoms with E-state index in [4.69, 9.17) is 11.6 Å². The van der Waals surface area contributed by atoms with Crippen LogP contribution in [-0.4, -0.2) is 19.7 Å². The van der Waals surface area contributed by atoms with Gasteiger partial charge in [0.05, 0.1) is 11.0 Å². The van der Waals surface area contributed by atoms with Gasteiger partial charge in [-0.15, -0.1) is 10.2 Å². The molecule has 0 aliphatic heterocycles. The summed E-state index contributed by atoms with van der Waals surface area (Å²) >= 11 is 5.74. The molecule has 4 nitrogen and oxygen atoms in total. The highest BCUT2D eigenvalue weighted by molar-refractivity contribution is 6.29. The van der Waals surface area contributed by atoms with E-state index in [1.54, 1.807) is 12.4 Å². The van der Waals surface area contributed by atoms with Crippen LogP contribution in [0.15, 0.2) is 30.6 Å². The number of aryl methyl sites for hydroxylation is 2. The van der Waals surface area contributed by atoms with Crippen molar-refractivity contribution in [2.24, 2.45) is 0 Å². The third kappa shape index (κ3) is 1.75. The van der Waals surface area contributed by atoms with Crippen molar-refractivity contribution in [1.82, 2.24) is 19.7 Å². The van der Waals surface area contributed by atoms with Gasteiger partial charge in [0.15, 0.2) is 11.0 Å². The van der Waals surface area contributed by atoms with Crippen LogP contribution in [0.5, 0.6) is 0 Å². The molecule has 0 fully saturated rings. The van der Waals surface area contributed by atoms with E-state index in [-0.39, 0.29) is 0 Å². The van der Waals surface area contributed by atoms with E-state index in [0.29, 0.717) is 11.0 Å². The molecule has 0 saturated carbocycles. The maximum absolute atomic E-state index is 5.74. The fraction of sp³-hybridized carbons (Fsp3) is 0.154. The molecule has 0 unspecified atom stereocenters. The first-order valence-corrected chi connectivity index (χ1v) is 5.97. The fourth-order valence-corrected chi connectivity index (χ4v) is 1.98. The Labute approximate surface area is 109 Å². The molecule has 0 atom stereocenters. The number of halogens is 1. The molecule has 0 N–H and O–H groups in total. The molecule has 3 aromatic rings. The van der Waals surface area contributed by atoms with Gasteiger partial charge in [-0.05, 0) is 49.2 Å². The van der Waals surface area contributed by atoms with Crippen LogP contribution < -0.4 is 0 Å². The van der Waals surface area contributed by atoms with Crippen LogP contribution in [-0.2, 0) is 0 Å². The molecule has 0 saturated heterocycles. The van der Waals surface area contributed by atoms with Crippen molar-refractivity contribution < 1.29 is 0 Å². The molecule has 18 heavy (non-hydrogen) atoms. The van der Waals surface area contributed by atoms with Crippen molar-refractivity contribution in [2.75, 3.05) is 0 Å². The van der Waals surface area contributed by atoms with E-state index in [9.17, 15) is 0 Å². The Hall–Kier alpha value is -1.94. The van der Waals surface area contributed by atoms with Crippen LogP contribution in [0, 0.1) is 13.8 Å². The quantitative estimate of drug-likeness (QED) is 0.674. The Bertz CT molecular complexity index is 716. The summed E-state index contributed by atoms with van der Waals surface area (Å²) in [5.74, 6) is 0.713. The van der Waals surface area contributed by atoms with Crippen molar-refractivity contribution in [3.63, 3.8) is 0 Å². The minimum absolute atomic E-state index is 0.384. The molecule has 1 aromatic carbocycles. The van der Waals surface area contributed by atoms with Crippen molar-refractivity contribution >= 4 is 22.6 Å². The maximum Gasteiger partial charge on any atom is 0.161 e. The highest BCUT2D eigenvalue weighted by Gasteiger charge is 2.07. The van der Waals surface area contributed by atoms with Crippen molar-refractivity contribution in [3.8, 4) is 5.82 Å². The Morgan fingerprint density at radius 1 is 1.06 bits per heavy atom. The third-order valence-electron chi connectivity index (χ3n) is 3.03. The first kappa shape index (κ1) is 11.2. The van der Waals surface area contributed by atoms with Gasteiger partial charge >= 0.3 is 0 Å². The van der Waals surface area contributed by atoms with Crippen LogP contribution in [0.25, 0.3) is 16.9 Å². The van der Waals surface area contributed by atoms with Gasteiger partial charge in [0.1, 0.15) is 6.33 Å². The number of imidazole rings is 1. The van der Waals surface area contributed by atoms with Gasteiger partial charge in [-0.3, -0.25) is 4.57 Å². The van der Waals surface area contributed by atoms with E-state index >= 15 is 0 Å². The van der Waals surface area contributed by atoms with Crippen LogP contribution >= 0.6 is 11.6 Å². The van der Waals surface area contributed by atoms with Crippen LogP contribution in [0.1, 0.15) is 11.1 Å². The van der Waals surface area contributed by atoms with E-state index in [2.05, 4.69) is 41.2 Å². The number of nitrogens with zero attached hydrogens (tertiary/aromatic N) is 4. The maximum atomic E-state index is 5.74. The second-order valence-electron chi connectivity index (χ2n) is 4.25. The summed E-state index contributed by atoms with van der Waals surface area (Å²) in [7, 11) is 0. The van der Waals surface area contributed by atoms with E-state index in [0.717, 1.165) is 11.0 Å². The van der Waals surface area contributed by atoms with Gasteiger partial charge in [-0.1, -0.05) is 11.6 Å². The smallest absolute Gasteiger partial charge is 0.161 e. The first-order chi connectivity index (χ1) is 8.65. The molecule has 0 amide bonds. The summed E-state index contributed by atoms with van der Waals surface area (Å²) in [4.78, 5) is 4.38. The predicted octanol–water partition coefficient (Wildman–Crippen LogP) is 3.09. The average Bonchev–Trinajstić information content (AvgIpc) is 2.74. The molecule has 0 aliphatic carbocycles. The predicted molar refractivity (Wildman–Crippen MR) is 71.1 cm³/mol. The lowest BCUT2D eigenvalue weighted by atomic mass is 10.1. The number of rotatable bonds is 1. The Morgan fingerprint density at radius 2 is 1.83 bits per heavy atom. The molecule has 5 heteroatoms. The summed E-state index contributed by atoms with van der Waals surface area (Å²) in [6, 6.07) is 7.72. The topological polar surface area (TPSA) is 43.6 Å². The molecule has 0 aliphatic rings. The van der Waals surface area contributed by atoms with Gasteiger partial charge < -0.3 is 0 Å². The Morgan fingerprint density at radius 3 is 2.56 bits per heavy atom. The summed E-state index contributed by atoms with van der Waals surface area (Å²) in [6.45, 7) is 4.16. The lowest BCUT2D eigenvalue weighted by molar-refractivity contribution is 0.928. The van der Waals surface area contributed by atoms with Crippen LogP contribution in [0.3, 0.4) is 0 Å².